The van der Waals surface area contributed by atoms with Crippen LogP contribution in [0.25, 0.3) is 0 Å². The van der Waals surface area contributed by atoms with Gasteiger partial charge in [-0.2, -0.15) is 0 Å². The lowest BCUT2D eigenvalue weighted by molar-refractivity contribution is 0.0942. The molecule has 1 N–H and O–H groups in total. The molecule has 1 amide bonds. The SMILES string of the molecule is CCC(CCBr)CNC(=O)c1cc(C)c(F)cc1F. The van der Waals surface area contributed by atoms with Crippen LogP contribution in [-0.4, -0.2) is 17.8 Å². The molecule has 1 rings (SSSR count). The van der Waals surface area contributed by atoms with Crippen LogP contribution in [-0.2, 0) is 0 Å². The van der Waals surface area contributed by atoms with E-state index >= 15 is 0 Å². The first-order chi connectivity index (χ1) is 8.99. The first kappa shape index (κ1) is 16.1. The topological polar surface area (TPSA) is 29.1 Å². The predicted molar refractivity (Wildman–Crippen MR) is 75.6 cm³/mol. The predicted octanol–water partition coefficient (Wildman–Crippen LogP) is 3.81. The Morgan fingerprint density at radius 3 is 2.63 bits per heavy atom. The fraction of sp³-hybridized carbons (Fsp3) is 0.500. The number of hydrogen-bond donors (Lipinski definition) is 1. The van der Waals surface area contributed by atoms with Gasteiger partial charge in [0.25, 0.3) is 5.91 Å². The van der Waals surface area contributed by atoms with Gasteiger partial charge in [0.2, 0.25) is 0 Å². The lowest BCUT2D eigenvalue weighted by atomic mass is 10.0. The van der Waals surface area contributed by atoms with Crippen LogP contribution in [0.15, 0.2) is 12.1 Å². The zero-order valence-corrected chi connectivity index (χ0v) is 12.7. The van der Waals surface area contributed by atoms with Crippen LogP contribution in [0.3, 0.4) is 0 Å². The molecule has 5 heteroatoms. The van der Waals surface area contributed by atoms with Crippen molar-refractivity contribution in [2.45, 2.75) is 26.7 Å². The minimum Gasteiger partial charge on any atom is -0.352 e. The molecule has 19 heavy (non-hydrogen) atoms. The highest BCUT2D eigenvalue weighted by molar-refractivity contribution is 9.09. The number of rotatable bonds is 6. The van der Waals surface area contributed by atoms with E-state index in [0.717, 1.165) is 24.2 Å². The van der Waals surface area contributed by atoms with Crippen molar-refractivity contribution in [2.24, 2.45) is 5.92 Å². The third-order valence-corrected chi connectivity index (χ3v) is 3.60. The number of carbonyl (C=O) groups excluding carboxylic acids is 1. The molecule has 1 aromatic rings. The third-order valence-electron chi connectivity index (χ3n) is 3.14. The second kappa shape index (κ2) is 7.58. The summed E-state index contributed by atoms with van der Waals surface area (Å²) >= 11 is 3.36. The number of hydrogen-bond acceptors (Lipinski definition) is 1. The third kappa shape index (κ3) is 4.56. The smallest absolute Gasteiger partial charge is 0.254 e. The van der Waals surface area contributed by atoms with Crippen molar-refractivity contribution in [2.75, 3.05) is 11.9 Å². The van der Waals surface area contributed by atoms with Crippen LogP contribution >= 0.6 is 15.9 Å². The molecular formula is C14H18BrF2NO. The first-order valence-corrected chi connectivity index (χ1v) is 7.41. The summed E-state index contributed by atoms with van der Waals surface area (Å²) in [6.45, 7) is 4.05. The number of carbonyl (C=O) groups is 1. The molecule has 0 aliphatic carbocycles. The Bertz CT molecular complexity index is 451. The molecular weight excluding hydrogens is 316 g/mol. The van der Waals surface area contributed by atoms with Gasteiger partial charge >= 0.3 is 0 Å². The molecule has 1 aromatic carbocycles. The molecule has 2 nitrogen and oxygen atoms in total. The Morgan fingerprint density at radius 1 is 1.37 bits per heavy atom. The van der Waals surface area contributed by atoms with Crippen LogP contribution in [0.2, 0.25) is 0 Å². The molecule has 0 aliphatic heterocycles. The van der Waals surface area contributed by atoms with Crippen LogP contribution < -0.4 is 5.32 Å². The summed E-state index contributed by atoms with van der Waals surface area (Å²) in [5, 5.41) is 3.57. The minimum atomic E-state index is -0.825. The van der Waals surface area contributed by atoms with Crippen LogP contribution in [0, 0.1) is 24.5 Å². The number of amides is 1. The van der Waals surface area contributed by atoms with Gasteiger partial charge in [0.15, 0.2) is 0 Å². The van der Waals surface area contributed by atoms with Crippen molar-refractivity contribution < 1.29 is 13.6 Å². The average molecular weight is 334 g/mol. The molecule has 1 unspecified atom stereocenters. The molecule has 0 aromatic heterocycles. The number of alkyl halides is 1. The molecule has 0 fully saturated rings. The van der Waals surface area contributed by atoms with Gasteiger partial charge < -0.3 is 5.32 Å². The number of aryl methyl sites for hydroxylation is 1. The van der Waals surface area contributed by atoms with E-state index in [1.54, 1.807) is 0 Å². The lowest BCUT2D eigenvalue weighted by Crippen LogP contribution is -2.30. The summed E-state index contributed by atoms with van der Waals surface area (Å²) in [6.07, 6.45) is 1.89. The van der Waals surface area contributed by atoms with E-state index in [2.05, 4.69) is 21.2 Å². The largest absolute Gasteiger partial charge is 0.352 e. The Balaban J connectivity index is 2.70. The van der Waals surface area contributed by atoms with E-state index in [1.165, 1.54) is 13.0 Å². The molecule has 0 aliphatic rings. The molecule has 0 heterocycles. The highest BCUT2D eigenvalue weighted by atomic mass is 79.9. The van der Waals surface area contributed by atoms with Crippen molar-refractivity contribution in [1.29, 1.82) is 0 Å². The number of halogens is 3. The number of nitrogens with one attached hydrogen (secondary N) is 1. The normalized spacial score (nSPS) is 12.3. The Labute approximate surface area is 120 Å². The zero-order chi connectivity index (χ0) is 14.4. The van der Waals surface area contributed by atoms with E-state index in [0.29, 0.717) is 12.5 Å². The first-order valence-electron chi connectivity index (χ1n) is 6.29. The van der Waals surface area contributed by atoms with E-state index < -0.39 is 17.5 Å². The zero-order valence-electron chi connectivity index (χ0n) is 11.1. The Hall–Kier alpha value is -0.970. The summed E-state index contributed by atoms with van der Waals surface area (Å²) < 4.78 is 26.6. The van der Waals surface area contributed by atoms with Crippen LogP contribution in [0.5, 0.6) is 0 Å². The van der Waals surface area contributed by atoms with Gasteiger partial charge in [-0.3, -0.25) is 4.79 Å². The summed E-state index contributed by atoms with van der Waals surface area (Å²) in [6, 6.07) is 1.99. The van der Waals surface area contributed by atoms with Gasteiger partial charge in [0.05, 0.1) is 5.56 Å². The average Bonchev–Trinajstić information content (AvgIpc) is 2.38. The van der Waals surface area contributed by atoms with Gasteiger partial charge in [0.1, 0.15) is 11.6 Å². The van der Waals surface area contributed by atoms with Crippen molar-refractivity contribution in [3.63, 3.8) is 0 Å². The molecule has 0 spiro atoms. The minimum absolute atomic E-state index is 0.104. The second-order valence-electron chi connectivity index (χ2n) is 4.54. The fourth-order valence-corrected chi connectivity index (χ4v) is 2.42. The van der Waals surface area contributed by atoms with E-state index in [4.69, 9.17) is 0 Å². The standard InChI is InChI=1S/C14H18BrF2NO/c1-3-10(4-5-15)8-18-14(19)11-6-9(2)12(16)7-13(11)17/h6-7,10H,3-5,8H2,1-2H3,(H,18,19). The van der Waals surface area contributed by atoms with Crippen molar-refractivity contribution in [1.82, 2.24) is 5.32 Å². The van der Waals surface area contributed by atoms with Crippen molar-refractivity contribution in [3.8, 4) is 0 Å². The maximum atomic E-state index is 13.5. The summed E-state index contributed by atoms with van der Waals surface area (Å²) in [4.78, 5) is 11.9. The summed E-state index contributed by atoms with van der Waals surface area (Å²) in [5.74, 6) is -1.60. The molecule has 0 saturated heterocycles. The summed E-state index contributed by atoms with van der Waals surface area (Å²) in [7, 11) is 0. The fourth-order valence-electron chi connectivity index (χ4n) is 1.77. The van der Waals surface area contributed by atoms with Crippen molar-refractivity contribution >= 4 is 21.8 Å². The number of benzene rings is 1. The lowest BCUT2D eigenvalue weighted by Gasteiger charge is -2.14. The van der Waals surface area contributed by atoms with Gasteiger partial charge in [-0.25, -0.2) is 8.78 Å². The molecule has 0 saturated carbocycles. The van der Waals surface area contributed by atoms with E-state index in [9.17, 15) is 13.6 Å². The highest BCUT2D eigenvalue weighted by Crippen LogP contribution is 2.15. The highest BCUT2D eigenvalue weighted by Gasteiger charge is 2.15. The van der Waals surface area contributed by atoms with Crippen LogP contribution in [0.1, 0.15) is 35.7 Å². The van der Waals surface area contributed by atoms with Gasteiger partial charge in [-0.15, -0.1) is 0 Å². The summed E-state index contributed by atoms with van der Waals surface area (Å²) in [5.41, 5.74) is 0.159. The Kier molecular flexibility index (Phi) is 6.42. The monoisotopic (exact) mass is 333 g/mol. The van der Waals surface area contributed by atoms with Gasteiger partial charge in [-0.05, 0) is 30.9 Å². The molecule has 1 atom stereocenters. The maximum Gasteiger partial charge on any atom is 0.254 e. The molecule has 106 valence electrons. The Morgan fingerprint density at radius 2 is 2.05 bits per heavy atom. The quantitative estimate of drug-likeness (QED) is 0.788. The maximum absolute atomic E-state index is 13.5. The van der Waals surface area contributed by atoms with Crippen molar-refractivity contribution in [3.05, 3.63) is 34.9 Å². The van der Waals surface area contributed by atoms with Gasteiger partial charge in [-0.1, -0.05) is 29.3 Å². The van der Waals surface area contributed by atoms with E-state index in [-0.39, 0.29) is 11.1 Å². The molecule has 0 radical (unpaired) electrons. The second-order valence-corrected chi connectivity index (χ2v) is 5.34. The van der Waals surface area contributed by atoms with Gasteiger partial charge in [0, 0.05) is 17.9 Å². The molecule has 0 bridgehead atoms. The van der Waals surface area contributed by atoms with Crippen LogP contribution in [0.4, 0.5) is 8.78 Å². The van der Waals surface area contributed by atoms with E-state index in [1.807, 2.05) is 6.92 Å².